The maximum atomic E-state index is 11.7. The van der Waals surface area contributed by atoms with Crippen molar-refractivity contribution in [2.24, 2.45) is 0 Å². The molecule has 4 heteroatoms. The van der Waals surface area contributed by atoms with E-state index in [-0.39, 0.29) is 6.42 Å². The number of rotatable bonds is 1. The van der Waals surface area contributed by atoms with Gasteiger partial charge in [0.15, 0.2) is 0 Å². The topological polar surface area (TPSA) is 56.5 Å². The van der Waals surface area contributed by atoms with Crippen molar-refractivity contribution in [3.8, 4) is 0 Å². The number of ether oxygens (including phenoxy) is 1. The Hall–Kier alpha value is -2.10. The quantitative estimate of drug-likeness (QED) is 0.556. The number of benzene rings is 1. The van der Waals surface area contributed by atoms with Crippen molar-refractivity contribution < 1.29 is 18.7 Å². The molecule has 0 aliphatic carbocycles. The van der Waals surface area contributed by atoms with Crippen molar-refractivity contribution in [1.29, 1.82) is 0 Å². The van der Waals surface area contributed by atoms with Crippen LogP contribution in [0.15, 0.2) is 34.7 Å². The molecule has 3 rings (SSSR count). The average molecular weight is 230 g/mol. The van der Waals surface area contributed by atoms with Crippen LogP contribution in [0.3, 0.4) is 0 Å². The van der Waals surface area contributed by atoms with Gasteiger partial charge in [0.1, 0.15) is 16.8 Å². The summed E-state index contributed by atoms with van der Waals surface area (Å²) in [5.41, 5.74) is -0.285. The zero-order chi connectivity index (χ0) is 12.0. The first kappa shape index (κ1) is 10.1. The van der Waals surface area contributed by atoms with Crippen LogP contribution < -0.4 is 0 Å². The molecule has 2 aromatic rings. The van der Waals surface area contributed by atoms with E-state index in [0.29, 0.717) is 11.3 Å². The highest BCUT2D eigenvalue weighted by atomic mass is 16.6. The number of esters is 2. The molecular weight excluding hydrogens is 220 g/mol. The van der Waals surface area contributed by atoms with Crippen molar-refractivity contribution in [3.05, 3.63) is 36.1 Å². The first-order chi connectivity index (χ1) is 8.09. The summed E-state index contributed by atoms with van der Waals surface area (Å²) in [4.78, 5) is 22.9. The number of hydrogen-bond acceptors (Lipinski definition) is 4. The molecule has 0 N–H and O–H groups in total. The summed E-state index contributed by atoms with van der Waals surface area (Å²) in [6.45, 7) is 1.66. The van der Waals surface area contributed by atoms with Gasteiger partial charge in [0.2, 0.25) is 0 Å². The number of para-hydroxylation sites is 1. The van der Waals surface area contributed by atoms with Crippen molar-refractivity contribution in [1.82, 2.24) is 0 Å². The standard InChI is InChI=1S/C13H10O4/c1-13(7-11(14)17-12(13)15)10-6-8-4-2-3-5-9(8)16-10/h2-6H,7H2,1H3. The number of fused-ring (bicyclic) bond motifs is 1. The van der Waals surface area contributed by atoms with Gasteiger partial charge in [0.25, 0.3) is 0 Å². The van der Waals surface area contributed by atoms with Crippen LogP contribution in [0.2, 0.25) is 0 Å². The Kier molecular flexibility index (Phi) is 1.90. The minimum absolute atomic E-state index is 0.0334. The average Bonchev–Trinajstić information content (AvgIpc) is 2.81. The fourth-order valence-corrected chi connectivity index (χ4v) is 2.05. The lowest BCUT2D eigenvalue weighted by Gasteiger charge is -2.13. The van der Waals surface area contributed by atoms with Crippen LogP contribution in [0.4, 0.5) is 0 Å². The summed E-state index contributed by atoms with van der Waals surface area (Å²) in [5, 5.41) is 0.913. The molecule has 1 aromatic carbocycles. The Morgan fingerprint density at radius 3 is 2.65 bits per heavy atom. The molecule has 86 valence electrons. The Balaban J connectivity index is 2.15. The fraction of sp³-hybridized carbons (Fsp3) is 0.231. The Morgan fingerprint density at radius 1 is 1.24 bits per heavy atom. The lowest BCUT2D eigenvalue weighted by atomic mass is 9.86. The molecule has 0 saturated carbocycles. The molecule has 1 aromatic heterocycles. The van der Waals surface area contributed by atoms with Crippen LogP contribution in [-0.2, 0) is 19.7 Å². The third-order valence-electron chi connectivity index (χ3n) is 3.12. The number of hydrogen-bond donors (Lipinski definition) is 0. The van der Waals surface area contributed by atoms with Crippen LogP contribution >= 0.6 is 0 Å². The molecule has 1 saturated heterocycles. The zero-order valence-corrected chi connectivity index (χ0v) is 9.23. The van der Waals surface area contributed by atoms with Gasteiger partial charge in [-0.25, -0.2) is 0 Å². The molecular formula is C13H10O4. The largest absolute Gasteiger partial charge is 0.460 e. The van der Waals surface area contributed by atoms with E-state index in [1.165, 1.54) is 0 Å². The number of cyclic esters (lactones) is 2. The van der Waals surface area contributed by atoms with Gasteiger partial charge < -0.3 is 9.15 Å². The second-order valence-electron chi connectivity index (χ2n) is 4.42. The third kappa shape index (κ3) is 1.37. The van der Waals surface area contributed by atoms with Gasteiger partial charge in [0, 0.05) is 5.39 Å². The predicted octanol–water partition coefficient (Wildman–Crippen LogP) is 2.16. The summed E-state index contributed by atoms with van der Waals surface area (Å²) in [6.07, 6.45) is 0.0334. The Morgan fingerprint density at radius 2 is 2.00 bits per heavy atom. The maximum absolute atomic E-state index is 11.7. The van der Waals surface area contributed by atoms with Crippen LogP contribution in [0.5, 0.6) is 0 Å². The normalized spacial score (nSPS) is 24.3. The first-order valence-electron chi connectivity index (χ1n) is 5.34. The van der Waals surface area contributed by atoms with E-state index in [1.807, 2.05) is 24.3 Å². The number of furan rings is 1. The molecule has 0 radical (unpaired) electrons. The van der Waals surface area contributed by atoms with E-state index >= 15 is 0 Å². The van der Waals surface area contributed by atoms with Gasteiger partial charge >= 0.3 is 11.9 Å². The van der Waals surface area contributed by atoms with E-state index in [9.17, 15) is 9.59 Å². The van der Waals surface area contributed by atoms with E-state index in [4.69, 9.17) is 4.42 Å². The first-order valence-corrected chi connectivity index (χ1v) is 5.34. The molecule has 17 heavy (non-hydrogen) atoms. The van der Waals surface area contributed by atoms with Crippen molar-refractivity contribution >= 4 is 22.9 Å². The zero-order valence-electron chi connectivity index (χ0n) is 9.23. The van der Waals surface area contributed by atoms with Gasteiger partial charge in [-0.2, -0.15) is 0 Å². The maximum Gasteiger partial charge on any atom is 0.327 e. The summed E-state index contributed by atoms with van der Waals surface area (Å²) in [6, 6.07) is 9.26. The second-order valence-corrected chi connectivity index (χ2v) is 4.42. The highest BCUT2D eigenvalue weighted by Crippen LogP contribution is 2.37. The van der Waals surface area contributed by atoms with E-state index < -0.39 is 17.4 Å². The van der Waals surface area contributed by atoms with Crippen LogP contribution in [-0.4, -0.2) is 11.9 Å². The molecule has 4 nitrogen and oxygen atoms in total. The molecule has 1 unspecified atom stereocenters. The predicted molar refractivity (Wildman–Crippen MR) is 59.3 cm³/mol. The van der Waals surface area contributed by atoms with E-state index in [2.05, 4.69) is 4.74 Å². The van der Waals surface area contributed by atoms with Crippen LogP contribution in [0, 0.1) is 0 Å². The SMILES string of the molecule is CC1(c2cc3ccccc3o2)CC(=O)OC1=O. The van der Waals surface area contributed by atoms with Gasteiger partial charge in [-0.1, -0.05) is 18.2 Å². The number of carbonyl (C=O) groups is 2. The third-order valence-corrected chi connectivity index (χ3v) is 3.12. The van der Waals surface area contributed by atoms with Gasteiger partial charge in [-0.15, -0.1) is 0 Å². The molecule has 0 amide bonds. The van der Waals surface area contributed by atoms with E-state index in [1.54, 1.807) is 13.0 Å². The summed E-state index contributed by atoms with van der Waals surface area (Å²) in [7, 11) is 0. The lowest BCUT2D eigenvalue weighted by Crippen LogP contribution is -2.26. The smallest absolute Gasteiger partial charge is 0.327 e. The molecule has 1 fully saturated rings. The highest BCUT2D eigenvalue weighted by molar-refractivity contribution is 6.01. The molecule has 0 bridgehead atoms. The van der Waals surface area contributed by atoms with Crippen molar-refractivity contribution in [2.75, 3.05) is 0 Å². The second kappa shape index (κ2) is 3.20. The molecule has 1 aliphatic heterocycles. The van der Waals surface area contributed by atoms with Gasteiger partial charge in [-0.05, 0) is 19.1 Å². The Bertz CT molecular complexity index is 592. The molecule has 2 heterocycles. The molecule has 0 spiro atoms. The van der Waals surface area contributed by atoms with Crippen molar-refractivity contribution in [3.63, 3.8) is 0 Å². The minimum Gasteiger partial charge on any atom is -0.460 e. The summed E-state index contributed by atoms with van der Waals surface area (Å²) >= 11 is 0. The van der Waals surface area contributed by atoms with E-state index in [0.717, 1.165) is 5.39 Å². The number of carbonyl (C=O) groups excluding carboxylic acids is 2. The fourth-order valence-electron chi connectivity index (χ4n) is 2.05. The summed E-state index contributed by atoms with van der Waals surface area (Å²) in [5.74, 6) is -0.561. The minimum atomic E-state index is -0.990. The monoisotopic (exact) mass is 230 g/mol. The summed E-state index contributed by atoms with van der Waals surface area (Å²) < 4.78 is 10.2. The molecule has 1 atom stereocenters. The lowest BCUT2D eigenvalue weighted by molar-refractivity contribution is -0.153. The Labute approximate surface area is 97.2 Å². The van der Waals surface area contributed by atoms with Gasteiger partial charge in [0.05, 0.1) is 6.42 Å². The highest BCUT2D eigenvalue weighted by Gasteiger charge is 2.49. The van der Waals surface area contributed by atoms with Crippen LogP contribution in [0.25, 0.3) is 11.0 Å². The van der Waals surface area contributed by atoms with Crippen LogP contribution in [0.1, 0.15) is 19.1 Å². The van der Waals surface area contributed by atoms with Gasteiger partial charge in [-0.3, -0.25) is 9.59 Å². The molecule has 1 aliphatic rings. The van der Waals surface area contributed by atoms with Crippen molar-refractivity contribution in [2.45, 2.75) is 18.8 Å².